The normalized spacial score (nSPS) is 14.8. The summed E-state index contributed by atoms with van der Waals surface area (Å²) in [6, 6.07) is 11.8. The van der Waals surface area contributed by atoms with Crippen LogP contribution >= 0.6 is 0 Å². The van der Waals surface area contributed by atoms with Crippen LogP contribution in [0.4, 0.5) is 10.5 Å². The number of alkyl carbamates (subject to hydrolysis) is 1. The Morgan fingerprint density at radius 3 is 2.47 bits per heavy atom. The zero-order valence-electron chi connectivity index (χ0n) is 20.2. The van der Waals surface area contributed by atoms with Crippen molar-refractivity contribution < 1.29 is 19.1 Å². The van der Waals surface area contributed by atoms with Crippen molar-refractivity contribution in [3.63, 3.8) is 0 Å². The smallest absolute Gasteiger partial charge is 0.407 e. The molecule has 8 heteroatoms. The highest BCUT2D eigenvalue weighted by atomic mass is 16.6. The topological polar surface area (TPSA) is 85.7 Å². The number of hydrogen-bond acceptors (Lipinski definition) is 6. The third-order valence-electron chi connectivity index (χ3n) is 5.90. The molecule has 1 saturated heterocycles. The summed E-state index contributed by atoms with van der Waals surface area (Å²) < 4.78 is 12.2. The van der Waals surface area contributed by atoms with Gasteiger partial charge in [0.2, 0.25) is 0 Å². The molecule has 3 heterocycles. The Morgan fingerprint density at radius 1 is 1.12 bits per heavy atom. The van der Waals surface area contributed by atoms with E-state index in [0.29, 0.717) is 12.1 Å². The summed E-state index contributed by atoms with van der Waals surface area (Å²) in [7, 11) is 1.38. The lowest BCUT2D eigenvalue weighted by atomic mass is 10.0. The number of anilines is 1. The third-order valence-corrected chi connectivity index (χ3v) is 5.90. The van der Waals surface area contributed by atoms with Crippen LogP contribution in [0.15, 0.2) is 48.8 Å². The Kier molecular flexibility index (Phi) is 6.77. The Morgan fingerprint density at radius 2 is 1.82 bits per heavy atom. The fraction of sp³-hybridized carbons (Fsp3) is 0.423. The monoisotopic (exact) mass is 464 g/mol. The van der Waals surface area contributed by atoms with Crippen molar-refractivity contribution in [3.8, 4) is 0 Å². The van der Waals surface area contributed by atoms with Gasteiger partial charge in [0.05, 0.1) is 24.6 Å². The molecule has 4 rings (SSSR count). The largest absolute Gasteiger partial charge is 0.465 e. The van der Waals surface area contributed by atoms with Crippen molar-refractivity contribution in [1.29, 1.82) is 0 Å². The summed E-state index contributed by atoms with van der Waals surface area (Å²) in [6.45, 7) is 7.96. The first-order chi connectivity index (χ1) is 16.2. The van der Waals surface area contributed by atoms with Gasteiger partial charge in [-0.15, -0.1) is 0 Å². The third kappa shape index (κ3) is 5.68. The molecule has 0 bridgehead atoms. The number of aromatic nitrogens is 2. The number of nitrogens with zero attached hydrogens (tertiary/aromatic N) is 3. The van der Waals surface area contributed by atoms with E-state index in [1.807, 2.05) is 45.3 Å². The van der Waals surface area contributed by atoms with Crippen molar-refractivity contribution in [3.05, 3.63) is 59.9 Å². The van der Waals surface area contributed by atoms with Crippen molar-refractivity contribution >= 4 is 28.8 Å². The number of carbonyl (C=O) groups excluding carboxylic acids is 2. The van der Waals surface area contributed by atoms with E-state index in [0.717, 1.165) is 48.2 Å². The highest BCUT2D eigenvalue weighted by Crippen LogP contribution is 2.25. The van der Waals surface area contributed by atoms with Gasteiger partial charge in [-0.25, -0.2) is 14.6 Å². The summed E-state index contributed by atoms with van der Waals surface area (Å²) in [5.74, 6) is -0.336. The number of rotatable bonds is 5. The first-order valence-corrected chi connectivity index (χ1v) is 11.6. The fourth-order valence-corrected chi connectivity index (χ4v) is 4.18. The maximum atomic E-state index is 12.0. The highest BCUT2D eigenvalue weighted by Gasteiger charge is 2.24. The molecule has 1 N–H and O–H groups in total. The molecule has 8 nitrogen and oxygen atoms in total. The molecule has 0 spiro atoms. The van der Waals surface area contributed by atoms with Crippen LogP contribution in [0, 0.1) is 0 Å². The summed E-state index contributed by atoms with van der Waals surface area (Å²) in [4.78, 5) is 30.7. The Labute approximate surface area is 199 Å². The lowest BCUT2D eigenvalue weighted by molar-refractivity contribution is 0.0496. The molecule has 3 aromatic rings. The number of piperidine rings is 1. The van der Waals surface area contributed by atoms with Gasteiger partial charge in [-0.3, -0.25) is 0 Å². The predicted octanol–water partition coefficient (Wildman–Crippen LogP) is 4.36. The van der Waals surface area contributed by atoms with Gasteiger partial charge in [0, 0.05) is 37.3 Å². The number of pyridine rings is 1. The molecule has 1 aliphatic heterocycles. The van der Waals surface area contributed by atoms with E-state index in [1.165, 1.54) is 7.11 Å². The zero-order chi connectivity index (χ0) is 24.3. The highest BCUT2D eigenvalue weighted by molar-refractivity contribution is 5.89. The van der Waals surface area contributed by atoms with Crippen molar-refractivity contribution in [2.45, 2.75) is 51.8 Å². The van der Waals surface area contributed by atoms with Crippen LogP contribution in [-0.4, -0.2) is 53.5 Å². The average Bonchev–Trinajstić information content (AvgIpc) is 3.20. The summed E-state index contributed by atoms with van der Waals surface area (Å²) in [5.41, 5.74) is 3.13. The van der Waals surface area contributed by atoms with Crippen molar-refractivity contribution in [2.24, 2.45) is 0 Å². The SMILES string of the molecule is COC(=O)c1ccc(Cn2ccc3cc(N4CCC(NC(=O)OC(C)(C)C)CC4)cnc32)cc1. The van der Waals surface area contributed by atoms with Crippen molar-refractivity contribution in [2.75, 3.05) is 25.1 Å². The first-order valence-electron chi connectivity index (χ1n) is 11.6. The molecule has 0 unspecified atom stereocenters. The maximum Gasteiger partial charge on any atom is 0.407 e. The minimum Gasteiger partial charge on any atom is -0.465 e. The van der Waals surface area contributed by atoms with E-state index in [2.05, 4.69) is 26.9 Å². The molecule has 34 heavy (non-hydrogen) atoms. The number of fused-ring (bicyclic) bond motifs is 1. The van der Waals surface area contributed by atoms with Crippen LogP contribution in [0.25, 0.3) is 11.0 Å². The van der Waals surface area contributed by atoms with E-state index in [-0.39, 0.29) is 18.1 Å². The molecule has 2 aromatic heterocycles. The van der Waals surface area contributed by atoms with Gasteiger partial charge >= 0.3 is 12.1 Å². The van der Waals surface area contributed by atoms with Crippen LogP contribution in [0.1, 0.15) is 49.5 Å². The number of methoxy groups -OCH3 is 1. The number of benzene rings is 1. The van der Waals surface area contributed by atoms with Crippen molar-refractivity contribution in [1.82, 2.24) is 14.9 Å². The lowest BCUT2D eigenvalue weighted by Gasteiger charge is -2.34. The van der Waals surface area contributed by atoms with Gasteiger partial charge in [0.25, 0.3) is 0 Å². The van der Waals surface area contributed by atoms with Gasteiger partial charge < -0.3 is 24.3 Å². The van der Waals surface area contributed by atoms with Crippen LogP contribution in [0.5, 0.6) is 0 Å². The van der Waals surface area contributed by atoms with E-state index < -0.39 is 5.60 Å². The second-order valence-corrected chi connectivity index (χ2v) is 9.65. The van der Waals surface area contributed by atoms with Gasteiger partial charge in [-0.2, -0.15) is 0 Å². The second kappa shape index (κ2) is 9.75. The van der Waals surface area contributed by atoms with Crippen LogP contribution in [-0.2, 0) is 16.0 Å². The fourth-order valence-electron chi connectivity index (χ4n) is 4.18. The molecule has 0 saturated carbocycles. The van der Waals surface area contributed by atoms with Gasteiger partial charge in [-0.05, 0) is 63.4 Å². The molecule has 1 aromatic carbocycles. The minimum atomic E-state index is -0.491. The minimum absolute atomic E-state index is 0.120. The molecule has 0 atom stereocenters. The van der Waals surface area contributed by atoms with E-state index >= 15 is 0 Å². The van der Waals surface area contributed by atoms with Gasteiger partial charge in [0.1, 0.15) is 11.2 Å². The number of hydrogen-bond donors (Lipinski definition) is 1. The Hall–Kier alpha value is -3.55. The Bertz CT molecular complexity index is 1160. The molecular weight excluding hydrogens is 432 g/mol. The van der Waals surface area contributed by atoms with E-state index in [1.54, 1.807) is 12.1 Å². The number of nitrogens with one attached hydrogen (secondary N) is 1. The zero-order valence-corrected chi connectivity index (χ0v) is 20.2. The molecule has 180 valence electrons. The van der Waals surface area contributed by atoms with Crippen LogP contribution < -0.4 is 10.2 Å². The van der Waals surface area contributed by atoms with E-state index in [9.17, 15) is 9.59 Å². The van der Waals surface area contributed by atoms with Gasteiger partial charge in [0.15, 0.2) is 0 Å². The Balaban J connectivity index is 1.37. The van der Waals surface area contributed by atoms with Crippen LogP contribution in [0.3, 0.4) is 0 Å². The predicted molar refractivity (Wildman–Crippen MR) is 131 cm³/mol. The summed E-state index contributed by atoms with van der Waals surface area (Å²) in [5, 5.41) is 4.07. The number of carbonyl (C=O) groups is 2. The first kappa shape index (κ1) is 23.6. The maximum absolute atomic E-state index is 12.0. The molecule has 1 fully saturated rings. The summed E-state index contributed by atoms with van der Waals surface area (Å²) in [6.07, 6.45) is 5.32. The average molecular weight is 465 g/mol. The quantitative estimate of drug-likeness (QED) is 0.565. The number of amides is 1. The molecular formula is C26H32N4O4. The number of ether oxygens (including phenoxy) is 2. The molecule has 0 radical (unpaired) electrons. The number of esters is 1. The van der Waals surface area contributed by atoms with Gasteiger partial charge in [-0.1, -0.05) is 12.1 Å². The second-order valence-electron chi connectivity index (χ2n) is 9.65. The molecule has 0 aliphatic carbocycles. The lowest BCUT2D eigenvalue weighted by Crippen LogP contribution is -2.46. The standard InChI is InChI=1S/C26H32N4O4/c1-26(2,3)34-25(32)28-21-10-13-29(14-11-21)22-15-20-9-12-30(23(20)27-16-22)17-18-5-7-19(8-6-18)24(31)33-4/h5-9,12,15-16,21H,10-11,13-14,17H2,1-4H3,(H,28,32). The van der Waals surface area contributed by atoms with E-state index in [4.69, 9.17) is 14.5 Å². The van der Waals surface area contributed by atoms with Crippen LogP contribution in [0.2, 0.25) is 0 Å². The molecule has 1 amide bonds. The summed E-state index contributed by atoms with van der Waals surface area (Å²) >= 11 is 0. The molecule has 1 aliphatic rings.